The lowest BCUT2D eigenvalue weighted by Crippen LogP contribution is -2.28. The van der Waals surface area contributed by atoms with Crippen LogP contribution >= 0.6 is 0 Å². The Balaban J connectivity index is 1.55. The Kier molecular flexibility index (Phi) is 8.00. The Hall–Kier alpha value is -3.39. The van der Waals surface area contributed by atoms with Gasteiger partial charge in [-0.05, 0) is 49.0 Å². The summed E-state index contributed by atoms with van der Waals surface area (Å²) in [6.07, 6.45) is 5.02. The molecule has 0 radical (unpaired) electrons. The van der Waals surface area contributed by atoms with Crippen molar-refractivity contribution in [3.8, 4) is 17.3 Å². The number of rotatable bonds is 11. The predicted molar refractivity (Wildman–Crippen MR) is 119 cm³/mol. The lowest BCUT2D eigenvalue weighted by Gasteiger charge is -2.19. The van der Waals surface area contributed by atoms with Crippen LogP contribution in [0.15, 0.2) is 55.0 Å². The second-order valence-electron chi connectivity index (χ2n) is 6.90. The molecule has 0 bridgehead atoms. The van der Waals surface area contributed by atoms with Crippen LogP contribution in [0.2, 0.25) is 0 Å². The Labute approximate surface area is 182 Å². The quantitative estimate of drug-likeness (QED) is 0.511. The molecule has 2 aromatic heterocycles. The molecular weight excluding hydrogens is 394 g/mol. The second-order valence-corrected chi connectivity index (χ2v) is 6.90. The molecule has 2 heterocycles. The maximum absolute atomic E-state index is 12.5. The van der Waals surface area contributed by atoms with Crippen molar-refractivity contribution in [1.29, 1.82) is 0 Å². The number of carbonyl (C=O) groups is 1. The van der Waals surface area contributed by atoms with Crippen LogP contribution in [0.3, 0.4) is 0 Å². The van der Waals surface area contributed by atoms with E-state index in [9.17, 15) is 4.79 Å². The highest BCUT2D eigenvalue weighted by atomic mass is 16.5. The molecule has 0 aliphatic heterocycles. The molecule has 8 nitrogen and oxygen atoms in total. The molecule has 3 rings (SSSR count). The zero-order valence-electron chi connectivity index (χ0n) is 18.2. The number of benzene rings is 1. The molecule has 1 aromatic carbocycles. The van der Waals surface area contributed by atoms with E-state index in [2.05, 4.69) is 34.1 Å². The summed E-state index contributed by atoms with van der Waals surface area (Å²) in [5, 5.41) is 7.03. The molecule has 0 saturated heterocycles. The number of hydrogen-bond acceptors (Lipinski definition) is 6. The molecule has 0 aliphatic rings. The lowest BCUT2D eigenvalue weighted by molar-refractivity contribution is 0.0950. The van der Waals surface area contributed by atoms with Crippen molar-refractivity contribution >= 4 is 5.91 Å². The van der Waals surface area contributed by atoms with Gasteiger partial charge in [-0.15, -0.1) is 0 Å². The number of carbonyl (C=O) groups excluding carboxylic acids is 1. The van der Waals surface area contributed by atoms with Crippen molar-refractivity contribution in [2.75, 3.05) is 33.4 Å². The molecule has 1 amide bonds. The van der Waals surface area contributed by atoms with Gasteiger partial charge in [-0.25, -0.2) is 9.67 Å². The fourth-order valence-electron chi connectivity index (χ4n) is 3.11. The molecule has 0 fully saturated rings. The third-order valence-electron chi connectivity index (χ3n) is 4.99. The largest absolute Gasteiger partial charge is 0.493 e. The van der Waals surface area contributed by atoms with Gasteiger partial charge >= 0.3 is 0 Å². The van der Waals surface area contributed by atoms with E-state index in [1.54, 1.807) is 42.5 Å². The van der Waals surface area contributed by atoms with E-state index in [1.807, 2.05) is 24.3 Å². The van der Waals surface area contributed by atoms with Crippen LogP contribution in [-0.4, -0.2) is 58.9 Å². The Morgan fingerprint density at radius 2 is 2.00 bits per heavy atom. The number of nitrogens with one attached hydrogen (secondary N) is 1. The Bertz CT molecular complexity index is 954. The summed E-state index contributed by atoms with van der Waals surface area (Å²) >= 11 is 0. The van der Waals surface area contributed by atoms with Gasteiger partial charge in [0.25, 0.3) is 5.91 Å². The van der Waals surface area contributed by atoms with Gasteiger partial charge in [0.1, 0.15) is 6.61 Å². The fraction of sp³-hybridized carbons (Fsp3) is 0.348. The maximum atomic E-state index is 12.5. The van der Waals surface area contributed by atoms with Gasteiger partial charge in [0.05, 0.1) is 12.7 Å². The van der Waals surface area contributed by atoms with Crippen LogP contribution in [0.5, 0.6) is 11.5 Å². The summed E-state index contributed by atoms with van der Waals surface area (Å²) in [7, 11) is 1.61. The van der Waals surface area contributed by atoms with Gasteiger partial charge in [0.2, 0.25) is 0 Å². The number of aromatic nitrogens is 3. The van der Waals surface area contributed by atoms with Gasteiger partial charge in [-0.3, -0.25) is 4.79 Å². The van der Waals surface area contributed by atoms with Crippen LogP contribution < -0.4 is 14.8 Å². The average Bonchev–Trinajstić information content (AvgIpc) is 3.36. The normalized spacial score (nSPS) is 10.8. The zero-order chi connectivity index (χ0) is 22.1. The average molecular weight is 424 g/mol. The van der Waals surface area contributed by atoms with Crippen molar-refractivity contribution in [2.45, 2.75) is 20.4 Å². The van der Waals surface area contributed by atoms with Crippen molar-refractivity contribution in [1.82, 2.24) is 25.0 Å². The third kappa shape index (κ3) is 6.05. The van der Waals surface area contributed by atoms with Crippen LogP contribution in [0.4, 0.5) is 0 Å². The van der Waals surface area contributed by atoms with Gasteiger partial charge < -0.3 is 19.7 Å². The highest BCUT2D eigenvalue weighted by Gasteiger charge is 2.10. The molecule has 164 valence electrons. The molecule has 1 N–H and O–H groups in total. The number of methoxy groups -OCH3 is 1. The summed E-state index contributed by atoms with van der Waals surface area (Å²) < 4.78 is 13.0. The Morgan fingerprint density at radius 3 is 2.65 bits per heavy atom. The summed E-state index contributed by atoms with van der Waals surface area (Å²) in [6, 6.07) is 11.0. The van der Waals surface area contributed by atoms with E-state index in [0.717, 1.165) is 25.2 Å². The SMILES string of the molecule is CCN(CC)CCOc1ccc(CNC(=O)c2ccc(-n3cccn3)nc2)cc1OC. The van der Waals surface area contributed by atoms with Gasteiger partial charge in [-0.2, -0.15) is 5.10 Å². The monoisotopic (exact) mass is 423 g/mol. The number of ether oxygens (including phenoxy) is 2. The summed E-state index contributed by atoms with van der Waals surface area (Å²) in [5.74, 6) is 1.81. The molecule has 3 aromatic rings. The topological polar surface area (TPSA) is 81.5 Å². The van der Waals surface area contributed by atoms with Gasteiger partial charge in [0, 0.05) is 31.7 Å². The molecule has 0 unspecified atom stereocenters. The molecule has 0 atom stereocenters. The van der Waals surface area contributed by atoms with Crippen LogP contribution in [-0.2, 0) is 6.54 Å². The number of amides is 1. The summed E-state index contributed by atoms with van der Waals surface area (Å²) in [6.45, 7) is 8.09. The number of pyridine rings is 1. The first-order valence-electron chi connectivity index (χ1n) is 10.4. The van der Waals surface area contributed by atoms with Crippen molar-refractivity contribution in [3.63, 3.8) is 0 Å². The minimum absolute atomic E-state index is 0.196. The number of likely N-dealkylation sites (N-methyl/N-ethyl adjacent to an activating group) is 1. The minimum Gasteiger partial charge on any atom is -0.493 e. The van der Waals surface area contributed by atoms with Crippen molar-refractivity contribution < 1.29 is 14.3 Å². The fourth-order valence-corrected chi connectivity index (χ4v) is 3.11. The molecule has 31 heavy (non-hydrogen) atoms. The Morgan fingerprint density at radius 1 is 1.16 bits per heavy atom. The smallest absolute Gasteiger partial charge is 0.253 e. The van der Waals surface area contributed by atoms with Crippen molar-refractivity contribution in [2.24, 2.45) is 0 Å². The molecule has 0 saturated carbocycles. The van der Waals surface area contributed by atoms with Crippen molar-refractivity contribution in [3.05, 3.63) is 66.1 Å². The van der Waals surface area contributed by atoms with E-state index in [4.69, 9.17) is 9.47 Å². The molecule has 0 spiro atoms. The first-order valence-corrected chi connectivity index (χ1v) is 10.4. The maximum Gasteiger partial charge on any atom is 0.253 e. The van der Waals surface area contributed by atoms with E-state index in [0.29, 0.717) is 36.0 Å². The predicted octanol–water partition coefficient (Wildman–Crippen LogP) is 2.93. The van der Waals surface area contributed by atoms with Gasteiger partial charge in [0.15, 0.2) is 17.3 Å². The lowest BCUT2D eigenvalue weighted by atomic mass is 10.2. The minimum atomic E-state index is -0.196. The number of nitrogens with zero attached hydrogens (tertiary/aromatic N) is 4. The molecule has 0 aliphatic carbocycles. The molecular formula is C23H29N5O3. The van der Waals surface area contributed by atoms with Crippen LogP contribution in [0.25, 0.3) is 5.82 Å². The van der Waals surface area contributed by atoms with E-state index in [-0.39, 0.29) is 5.91 Å². The van der Waals surface area contributed by atoms with E-state index < -0.39 is 0 Å². The first-order chi connectivity index (χ1) is 15.1. The summed E-state index contributed by atoms with van der Waals surface area (Å²) in [4.78, 5) is 19.1. The number of hydrogen-bond donors (Lipinski definition) is 1. The standard InChI is InChI=1S/C23H29N5O3/c1-4-27(5-2)13-14-31-20-9-7-18(15-21(20)30-3)16-25-23(29)19-8-10-22(24-17-19)28-12-6-11-26-28/h6-12,15,17H,4-5,13-14,16H2,1-3H3,(H,25,29). The van der Waals surface area contributed by atoms with E-state index in [1.165, 1.54) is 0 Å². The molecule has 8 heteroatoms. The first kappa shape index (κ1) is 22.3. The van der Waals surface area contributed by atoms with Crippen LogP contribution in [0.1, 0.15) is 29.8 Å². The highest BCUT2D eigenvalue weighted by Crippen LogP contribution is 2.28. The highest BCUT2D eigenvalue weighted by molar-refractivity contribution is 5.93. The summed E-state index contributed by atoms with van der Waals surface area (Å²) in [5.41, 5.74) is 1.40. The third-order valence-corrected chi connectivity index (χ3v) is 4.99. The van der Waals surface area contributed by atoms with Gasteiger partial charge in [-0.1, -0.05) is 19.9 Å². The second kappa shape index (κ2) is 11.1. The van der Waals surface area contributed by atoms with E-state index >= 15 is 0 Å². The zero-order valence-corrected chi connectivity index (χ0v) is 18.2. The van der Waals surface area contributed by atoms with Crippen LogP contribution in [0, 0.1) is 0 Å².